The highest BCUT2D eigenvalue weighted by molar-refractivity contribution is 7.92. The van der Waals surface area contributed by atoms with E-state index in [2.05, 4.69) is 11.6 Å². The van der Waals surface area contributed by atoms with E-state index in [1.54, 1.807) is 30.3 Å². The van der Waals surface area contributed by atoms with E-state index in [1.165, 1.54) is 0 Å². The Balaban J connectivity index is 2.28. The molecule has 2 aromatic carbocycles. The summed E-state index contributed by atoms with van der Waals surface area (Å²) in [6, 6.07) is 14.1. The Morgan fingerprint density at radius 2 is 1.71 bits per heavy atom. The average molecular weight is 304 g/mol. The third-order valence-electron chi connectivity index (χ3n) is 3.25. The molecule has 112 valence electrons. The fourth-order valence-corrected chi connectivity index (χ4v) is 3.22. The van der Waals surface area contributed by atoms with Gasteiger partial charge >= 0.3 is 0 Å². The monoisotopic (exact) mass is 304 g/mol. The van der Waals surface area contributed by atoms with Crippen LogP contribution in [0.1, 0.15) is 24.5 Å². The minimum atomic E-state index is -3.57. The summed E-state index contributed by atoms with van der Waals surface area (Å²) in [5.74, 6) is 0. The van der Waals surface area contributed by atoms with Gasteiger partial charge in [0.1, 0.15) is 0 Å². The zero-order valence-corrected chi connectivity index (χ0v) is 12.9. The third-order valence-corrected chi connectivity index (χ3v) is 4.63. The molecule has 0 aliphatic carbocycles. The predicted octanol–water partition coefficient (Wildman–Crippen LogP) is 2.90. The SMILES string of the molecule is CCCc1ccccc1NS(=O)(=O)c1ccc(CN)cc1. The molecule has 0 aliphatic rings. The summed E-state index contributed by atoms with van der Waals surface area (Å²) in [5, 5.41) is 0. The fourth-order valence-electron chi connectivity index (χ4n) is 2.12. The molecule has 0 saturated carbocycles. The zero-order valence-electron chi connectivity index (χ0n) is 12.0. The summed E-state index contributed by atoms with van der Waals surface area (Å²) in [6.07, 6.45) is 1.80. The standard InChI is InChI=1S/C16H20N2O2S/c1-2-5-14-6-3-4-7-16(14)18-21(19,20)15-10-8-13(12-17)9-11-15/h3-4,6-11,18H,2,5,12,17H2,1H3. The summed E-state index contributed by atoms with van der Waals surface area (Å²) in [7, 11) is -3.57. The second kappa shape index (κ2) is 6.74. The largest absolute Gasteiger partial charge is 0.326 e. The van der Waals surface area contributed by atoms with Crippen LogP contribution in [0.15, 0.2) is 53.4 Å². The molecule has 0 bridgehead atoms. The number of sulfonamides is 1. The maximum absolute atomic E-state index is 12.4. The van der Waals surface area contributed by atoms with Crippen LogP contribution >= 0.6 is 0 Å². The van der Waals surface area contributed by atoms with Crippen molar-refractivity contribution in [2.75, 3.05) is 4.72 Å². The summed E-state index contributed by atoms with van der Waals surface area (Å²) in [6.45, 7) is 2.46. The normalized spacial score (nSPS) is 11.3. The molecule has 0 fully saturated rings. The fraction of sp³-hybridized carbons (Fsp3) is 0.250. The number of hydrogen-bond donors (Lipinski definition) is 2. The first-order chi connectivity index (χ1) is 10.1. The Labute approximate surface area is 126 Å². The molecule has 0 unspecified atom stereocenters. The van der Waals surface area contributed by atoms with Crippen molar-refractivity contribution in [3.05, 3.63) is 59.7 Å². The summed E-state index contributed by atoms with van der Waals surface area (Å²) in [5.41, 5.74) is 8.07. The van der Waals surface area contributed by atoms with Gasteiger partial charge in [-0.25, -0.2) is 8.42 Å². The number of hydrogen-bond acceptors (Lipinski definition) is 3. The quantitative estimate of drug-likeness (QED) is 0.862. The second-order valence-electron chi connectivity index (χ2n) is 4.86. The van der Waals surface area contributed by atoms with Crippen molar-refractivity contribution in [1.29, 1.82) is 0 Å². The van der Waals surface area contributed by atoms with Crippen molar-refractivity contribution in [1.82, 2.24) is 0 Å². The number of nitrogens with two attached hydrogens (primary N) is 1. The van der Waals surface area contributed by atoms with E-state index < -0.39 is 10.0 Å². The van der Waals surface area contributed by atoms with Crippen molar-refractivity contribution < 1.29 is 8.42 Å². The van der Waals surface area contributed by atoms with Gasteiger partial charge in [0, 0.05) is 6.54 Å². The van der Waals surface area contributed by atoms with Crippen LogP contribution in [0, 0.1) is 0 Å². The lowest BCUT2D eigenvalue weighted by atomic mass is 10.1. The molecule has 3 N–H and O–H groups in total. The number of benzene rings is 2. The van der Waals surface area contributed by atoms with Gasteiger partial charge in [0.15, 0.2) is 0 Å². The van der Waals surface area contributed by atoms with Crippen molar-refractivity contribution >= 4 is 15.7 Å². The van der Waals surface area contributed by atoms with E-state index in [0.717, 1.165) is 24.0 Å². The Bertz CT molecular complexity index is 694. The van der Waals surface area contributed by atoms with E-state index in [-0.39, 0.29) is 4.90 Å². The number of rotatable bonds is 6. The van der Waals surface area contributed by atoms with Gasteiger partial charge in [0.05, 0.1) is 10.6 Å². The Hall–Kier alpha value is -1.85. The van der Waals surface area contributed by atoms with Crippen molar-refractivity contribution in [3.8, 4) is 0 Å². The molecular weight excluding hydrogens is 284 g/mol. The van der Waals surface area contributed by atoms with Crippen LogP contribution in [0.5, 0.6) is 0 Å². The molecular formula is C16H20N2O2S. The molecule has 2 rings (SSSR count). The average Bonchev–Trinajstić information content (AvgIpc) is 2.49. The minimum absolute atomic E-state index is 0.242. The molecule has 0 atom stereocenters. The van der Waals surface area contributed by atoms with Gasteiger partial charge in [-0.2, -0.15) is 0 Å². The Kier molecular flexibility index (Phi) is 4.98. The van der Waals surface area contributed by atoms with E-state index >= 15 is 0 Å². The lowest BCUT2D eigenvalue weighted by molar-refractivity contribution is 0.601. The molecule has 5 heteroatoms. The first-order valence-corrected chi connectivity index (χ1v) is 8.45. The van der Waals surface area contributed by atoms with Crippen LogP contribution in [-0.4, -0.2) is 8.42 Å². The highest BCUT2D eigenvalue weighted by atomic mass is 32.2. The third kappa shape index (κ3) is 3.83. The molecule has 0 saturated heterocycles. The van der Waals surface area contributed by atoms with Gasteiger partial charge in [-0.15, -0.1) is 0 Å². The van der Waals surface area contributed by atoms with Gasteiger partial charge in [-0.3, -0.25) is 4.72 Å². The predicted molar refractivity (Wildman–Crippen MR) is 85.6 cm³/mol. The Morgan fingerprint density at radius 3 is 2.33 bits per heavy atom. The molecule has 0 radical (unpaired) electrons. The smallest absolute Gasteiger partial charge is 0.261 e. The number of aryl methyl sites for hydroxylation is 1. The summed E-state index contributed by atoms with van der Waals surface area (Å²) < 4.78 is 27.5. The Morgan fingerprint density at radius 1 is 1.05 bits per heavy atom. The van der Waals surface area contributed by atoms with Crippen LogP contribution in [0.4, 0.5) is 5.69 Å². The van der Waals surface area contributed by atoms with Gasteiger partial charge in [0.25, 0.3) is 10.0 Å². The van der Waals surface area contributed by atoms with Crippen LogP contribution in [0.3, 0.4) is 0 Å². The molecule has 0 aromatic heterocycles. The van der Waals surface area contributed by atoms with E-state index in [4.69, 9.17) is 5.73 Å². The van der Waals surface area contributed by atoms with Crippen LogP contribution in [0.25, 0.3) is 0 Å². The van der Waals surface area contributed by atoms with E-state index in [9.17, 15) is 8.42 Å². The molecule has 2 aromatic rings. The van der Waals surface area contributed by atoms with Crippen LogP contribution in [-0.2, 0) is 23.0 Å². The lowest BCUT2D eigenvalue weighted by Crippen LogP contribution is -2.14. The van der Waals surface area contributed by atoms with E-state index in [1.807, 2.05) is 18.2 Å². The molecule has 0 heterocycles. The van der Waals surface area contributed by atoms with Crippen LogP contribution < -0.4 is 10.5 Å². The second-order valence-corrected chi connectivity index (χ2v) is 6.54. The zero-order chi connectivity index (χ0) is 15.3. The molecule has 0 amide bonds. The van der Waals surface area contributed by atoms with Gasteiger partial charge in [-0.05, 0) is 35.7 Å². The number of para-hydroxylation sites is 1. The minimum Gasteiger partial charge on any atom is -0.326 e. The van der Waals surface area contributed by atoms with Crippen molar-refractivity contribution in [2.45, 2.75) is 31.2 Å². The van der Waals surface area contributed by atoms with E-state index in [0.29, 0.717) is 12.2 Å². The maximum Gasteiger partial charge on any atom is 0.261 e. The first kappa shape index (κ1) is 15.5. The lowest BCUT2D eigenvalue weighted by Gasteiger charge is -2.12. The molecule has 0 spiro atoms. The summed E-state index contributed by atoms with van der Waals surface area (Å²) >= 11 is 0. The van der Waals surface area contributed by atoms with Gasteiger partial charge in [0.2, 0.25) is 0 Å². The van der Waals surface area contributed by atoms with Gasteiger partial charge in [-0.1, -0.05) is 43.7 Å². The molecule has 4 nitrogen and oxygen atoms in total. The van der Waals surface area contributed by atoms with Crippen molar-refractivity contribution in [3.63, 3.8) is 0 Å². The van der Waals surface area contributed by atoms with Crippen LogP contribution in [0.2, 0.25) is 0 Å². The first-order valence-electron chi connectivity index (χ1n) is 6.96. The maximum atomic E-state index is 12.4. The van der Waals surface area contributed by atoms with Gasteiger partial charge < -0.3 is 5.73 Å². The van der Waals surface area contributed by atoms with Crippen molar-refractivity contribution in [2.24, 2.45) is 5.73 Å². The molecule has 21 heavy (non-hydrogen) atoms. The highest BCUT2D eigenvalue weighted by Crippen LogP contribution is 2.21. The topological polar surface area (TPSA) is 72.2 Å². The molecule has 0 aliphatic heterocycles. The highest BCUT2D eigenvalue weighted by Gasteiger charge is 2.15. The number of nitrogens with one attached hydrogen (secondary N) is 1. The summed E-state index contributed by atoms with van der Waals surface area (Å²) in [4.78, 5) is 0.242. The number of anilines is 1.